The van der Waals surface area contributed by atoms with Gasteiger partial charge >= 0.3 is 0 Å². The van der Waals surface area contributed by atoms with Gasteiger partial charge in [-0.3, -0.25) is 4.79 Å². The van der Waals surface area contributed by atoms with E-state index in [1.165, 1.54) is 5.57 Å². The quantitative estimate of drug-likeness (QED) is 0.847. The van der Waals surface area contributed by atoms with Crippen molar-refractivity contribution in [2.24, 2.45) is 5.41 Å². The van der Waals surface area contributed by atoms with Crippen molar-refractivity contribution >= 4 is 5.91 Å². The van der Waals surface area contributed by atoms with Crippen LogP contribution in [-0.4, -0.2) is 40.8 Å². The Morgan fingerprint density at radius 2 is 2.30 bits per heavy atom. The number of nitrogens with zero attached hydrogens (tertiary/aromatic N) is 2. The maximum absolute atomic E-state index is 12.7. The number of rotatable bonds is 5. The van der Waals surface area contributed by atoms with Crippen LogP contribution >= 0.6 is 0 Å². The molecule has 3 rings (SSSR count). The average Bonchev–Trinajstić information content (AvgIpc) is 3.30. The first-order valence-electron chi connectivity index (χ1n) is 8.53. The predicted octanol–water partition coefficient (Wildman–Crippen LogP) is 3.12. The molecule has 1 atom stereocenters. The van der Waals surface area contributed by atoms with Crippen molar-refractivity contribution in [2.75, 3.05) is 19.7 Å². The molecule has 0 radical (unpaired) electrons. The summed E-state index contributed by atoms with van der Waals surface area (Å²) < 4.78 is 5.27. The van der Waals surface area contributed by atoms with E-state index in [2.05, 4.69) is 25.1 Å². The highest BCUT2D eigenvalue weighted by Crippen LogP contribution is 2.40. The maximum atomic E-state index is 12.7. The van der Waals surface area contributed by atoms with Crippen LogP contribution in [0.5, 0.6) is 0 Å². The molecular weight excluding hydrogens is 292 g/mol. The van der Waals surface area contributed by atoms with Crippen molar-refractivity contribution in [1.82, 2.24) is 10.1 Å². The van der Waals surface area contributed by atoms with Crippen molar-refractivity contribution < 1.29 is 14.4 Å². The van der Waals surface area contributed by atoms with Crippen molar-refractivity contribution in [3.8, 4) is 0 Å². The van der Waals surface area contributed by atoms with Crippen LogP contribution in [0.15, 0.2) is 22.2 Å². The Bertz CT molecular complexity index is 599. The number of amides is 1. The molecule has 126 valence electrons. The zero-order valence-corrected chi connectivity index (χ0v) is 14.0. The number of aliphatic hydroxyl groups excluding tert-OH is 1. The van der Waals surface area contributed by atoms with Gasteiger partial charge in [0, 0.05) is 30.5 Å². The lowest BCUT2D eigenvalue weighted by atomic mass is 9.77. The number of hydrogen-bond donors (Lipinski definition) is 1. The molecule has 2 heterocycles. The lowest BCUT2D eigenvalue weighted by Gasteiger charge is -2.41. The van der Waals surface area contributed by atoms with E-state index in [1.54, 1.807) is 6.07 Å². The van der Waals surface area contributed by atoms with E-state index in [4.69, 9.17) is 4.52 Å². The van der Waals surface area contributed by atoms with Crippen LogP contribution in [-0.2, 0) is 0 Å². The summed E-state index contributed by atoms with van der Waals surface area (Å²) in [4.78, 5) is 14.5. The largest absolute Gasteiger partial charge is 0.396 e. The number of piperidine rings is 1. The van der Waals surface area contributed by atoms with Crippen molar-refractivity contribution in [2.45, 2.75) is 51.9 Å². The minimum Gasteiger partial charge on any atom is -0.396 e. The molecule has 2 aliphatic rings. The van der Waals surface area contributed by atoms with E-state index in [9.17, 15) is 9.90 Å². The molecule has 1 aliphatic heterocycles. The number of hydrogen-bond acceptors (Lipinski definition) is 4. The van der Waals surface area contributed by atoms with E-state index >= 15 is 0 Å². The van der Waals surface area contributed by atoms with Crippen LogP contribution < -0.4 is 0 Å². The second-order valence-electron chi connectivity index (χ2n) is 7.36. The number of allylic oxidation sites excluding steroid dienone is 2. The molecule has 5 heteroatoms. The van der Waals surface area contributed by atoms with Crippen LogP contribution in [0.3, 0.4) is 0 Å². The summed E-state index contributed by atoms with van der Waals surface area (Å²) in [6, 6.07) is 1.80. The van der Waals surface area contributed by atoms with Gasteiger partial charge < -0.3 is 14.5 Å². The lowest BCUT2D eigenvalue weighted by Crippen LogP contribution is -2.47. The zero-order chi connectivity index (χ0) is 16.4. The fraction of sp³-hybridized carbons (Fsp3) is 0.667. The minimum absolute atomic E-state index is 0.0980. The average molecular weight is 318 g/mol. The first kappa shape index (κ1) is 16.2. The zero-order valence-electron chi connectivity index (χ0n) is 14.0. The normalized spacial score (nSPS) is 24.6. The number of carbonyl (C=O) groups excluding carboxylic acids is 1. The third-order valence-corrected chi connectivity index (χ3v) is 4.96. The smallest absolute Gasteiger partial charge is 0.292 e. The number of aromatic nitrogens is 1. The van der Waals surface area contributed by atoms with Gasteiger partial charge in [0.25, 0.3) is 5.91 Å². The summed E-state index contributed by atoms with van der Waals surface area (Å²) in [6.07, 6.45) is 7.09. The van der Waals surface area contributed by atoms with E-state index < -0.39 is 0 Å². The molecule has 1 aromatic rings. The third-order valence-electron chi connectivity index (χ3n) is 4.96. The summed E-state index contributed by atoms with van der Waals surface area (Å²) in [5.41, 5.74) is 1.92. The molecule has 5 nitrogen and oxygen atoms in total. The molecule has 1 amide bonds. The number of aliphatic hydroxyl groups is 1. The Labute approximate surface area is 137 Å². The lowest BCUT2D eigenvalue weighted by molar-refractivity contribution is 0.0259. The molecule has 0 aromatic carbocycles. The van der Waals surface area contributed by atoms with E-state index in [-0.39, 0.29) is 17.9 Å². The van der Waals surface area contributed by atoms with Gasteiger partial charge in [-0.2, -0.15) is 0 Å². The Morgan fingerprint density at radius 1 is 1.52 bits per heavy atom. The predicted molar refractivity (Wildman–Crippen MR) is 87.2 cm³/mol. The topological polar surface area (TPSA) is 66.6 Å². The third kappa shape index (κ3) is 3.66. The summed E-state index contributed by atoms with van der Waals surface area (Å²) in [5, 5.41) is 13.9. The SMILES string of the molecule is CC(C)=CCC1(CO)CCCN(C(=O)c2cc(C3CC3)no2)C1. The van der Waals surface area contributed by atoms with Crippen molar-refractivity contribution in [3.05, 3.63) is 29.2 Å². The van der Waals surface area contributed by atoms with Crippen LogP contribution in [0.25, 0.3) is 0 Å². The molecule has 1 unspecified atom stereocenters. The second kappa shape index (κ2) is 6.48. The van der Waals surface area contributed by atoms with Gasteiger partial charge in [-0.15, -0.1) is 0 Å². The van der Waals surface area contributed by atoms with Gasteiger partial charge in [0.1, 0.15) is 0 Å². The van der Waals surface area contributed by atoms with Gasteiger partial charge in [-0.05, 0) is 46.0 Å². The Hall–Kier alpha value is -1.62. The highest BCUT2D eigenvalue weighted by atomic mass is 16.5. The molecular formula is C18H26N2O3. The van der Waals surface area contributed by atoms with Crippen molar-refractivity contribution in [1.29, 1.82) is 0 Å². The summed E-state index contributed by atoms with van der Waals surface area (Å²) in [6.45, 7) is 5.51. The van der Waals surface area contributed by atoms with Crippen LogP contribution in [0.4, 0.5) is 0 Å². The van der Waals surface area contributed by atoms with Gasteiger partial charge in [0.15, 0.2) is 0 Å². The number of likely N-dealkylation sites (tertiary alicyclic amines) is 1. The summed E-state index contributed by atoms with van der Waals surface area (Å²) in [5.74, 6) is 0.720. The van der Waals surface area contributed by atoms with E-state index in [0.717, 1.165) is 44.3 Å². The Balaban J connectivity index is 1.70. The van der Waals surface area contributed by atoms with Crippen LogP contribution in [0, 0.1) is 5.41 Å². The molecule has 1 aromatic heterocycles. The first-order chi connectivity index (χ1) is 11.0. The molecule has 1 saturated heterocycles. The Morgan fingerprint density at radius 3 is 2.96 bits per heavy atom. The van der Waals surface area contributed by atoms with E-state index in [1.807, 2.05) is 4.90 Å². The fourth-order valence-corrected chi connectivity index (χ4v) is 3.28. The molecule has 1 saturated carbocycles. The van der Waals surface area contributed by atoms with Gasteiger partial charge in [-0.1, -0.05) is 16.8 Å². The first-order valence-corrected chi connectivity index (χ1v) is 8.53. The van der Waals surface area contributed by atoms with Gasteiger partial charge in [-0.25, -0.2) is 0 Å². The Kier molecular flexibility index (Phi) is 4.57. The highest BCUT2D eigenvalue weighted by molar-refractivity contribution is 5.91. The monoisotopic (exact) mass is 318 g/mol. The molecule has 1 N–H and O–H groups in total. The second-order valence-corrected chi connectivity index (χ2v) is 7.36. The van der Waals surface area contributed by atoms with Crippen molar-refractivity contribution in [3.63, 3.8) is 0 Å². The van der Waals surface area contributed by atoms with Gasteiger partial charge in [0.05, 0.1) is 12.3 Å². The molecule has 23 heavy (non-hydrogen) atoms. The standard InChI is InChI=1S/C18H26N2O3/c1-13(2)6-8-18(12-21)7-3-9-20(11-18)17(22)16-10-15(19-23-16)14-4-5-14/h6,10,14,21H,3-5,7-9,11-12H2,1-2H3. The highest BCUT2D eigenvalue weighted by Gasteiger charge is 2.37. The van der Waals surface area contributed by atoms with Crippen LogP contribution in [0.1, 0.15) is 68.1 Å². The molecule has 0 bridgehead atoms. The molecule has 0 spiro atoms. The number of carbonyl (C=O) groups is 1. The molecule has 1 aliphatic carbocycles. The van der Waals surface area contributed by atoms with E-state index in [0.29, 0.717) is 18.2 Å². The maximum Gasteiger partial charge on any atom is 0.292 e. The van der Waals surface area contributed by atoms with Gasteiger partial charge in [0.2, 0.25) is 5.76 Å². The summed E-state index contributed by atoms with van der Waals surface area (Å²) >= 11 is 0. The van der Waals surface area contributed by atoms with Crippen LogP contribution in [0.2, 0.25) is 0 Å². The fourth-order valence-electron chi connectivity index (χ4n) is 3.28. The summed E-state index contributed by atoms with van der Waals surface area (Å²) in [7, 11) is 0. The molecule has 2 fully saturated rings. The minimum atomic E-state index is -0.232.